The third kappa shape index (κ3) is 60.2. The molecule has 0 aliphatic rings. The third-order valence-corrected chi connectivity index (χ3v) is 12.5. The lowest BCUT2D eigenvalue weighted by Crippen LogP contribution is -2.30. The fourth-order valence-electron chi connectivity index (χ4n) is 7.92. The summed E-state index contributed by atoms with van der Waals surface area (Å²) in [6.45, 7) is 6.40. The fourth-order valence-corrected chi connectivity index (χ4v) is 7.92. The van der Waals surface area contributed by atoms with E-state index in [0.717, 1.165) is 141 Å². The van der Waals surface area contributed by atoms with Crippen LogP contribution in [0.4, 0.5) is 0 Å². The van der Waals surface area contributed by atoms with Crippen LogP contribution in [-0.4, -0.2) is 37.2 Å². The highest BCUT2D eigenvalue weighted by Crippen LogP contribution is 2.13. The van der Waals surface area contributed by atoms with Gasteiger partial charge in [0.15, 0.2) is 6.10 Å². The predicted octanol–water partition coefficient (Wildman–Crippen LogP) is 21.2. The van der Waals surface area contributed by atoms with Crippen LogP contribution in [0.3, 0.4) is 0 Å². The van der Waals surface area contributed by atoms with Gasteiger partial charge in [0.1, 0.15) is 13.2 Å². The van der Waals surface area contributed by atoms with Crippen molar-refractivity contribution in [2.75, 3.05) is 13.2 Å². The van der Waals surface area contributed by atoms with E-state index < -0.39 is 6.10 Å². The summed E-state index contributed by atoms with van der Waals surface area (Å²) in [5, 5.41) is 0. The largest absolute Gasteiger partial charge is 0.462 e. The summed E-state index contributed by atoms with van der Waals surface area (Å²) in [6.07, 6.45) is 89.9. The first-order chi connectivity index (χ1) is 37.5. The highest BCUT2D eigenvalue weighted by atomic mass is 16.6. The van der Waals surface area contributed by atoms with E-state index >= 15 is 0 Å². The van der Waals surface area contributed by atoms with Gasteiger partial charge in [0, 0.05) is 19.3 Å². The molecule has 1 atom stereocenters. The number of ether oxygens (including phenoxy) is 3. The summed E-state index contributed by atoms with van der Waals surface area (Å²) in [5.41, 5.74) is 0. The molecule has 0 heterocycles. The molecule has 0 aromatic carbocycles. The zero-order chi connectivity index (χ0) is 55.0. The van der Waals surface area contributed by atoms with Crippen molar-refractivity contribution in [3.05, 3.63) is 146 Å². The van der Waals surface area contributed by atoms with Crippen molar-refractivity contribution in [3.63, 3.8) is 0 Å². The van der Waals surface area contributed by atoms with Gasteiger partial charge in [-0.25, -0.2) is 0 Å². The molecule has 0 aromatic heterocycles. The Morgan fingerprint density at radius 2 is 0.539 bits per heavy atom. The van der Waals surface area contributed by atoms with Crippen LogP contribution in [-0.2, 0) is 28.6 Å². The Morgan fingerprint density at radius 3 is 0.895 bits per heavy atom. The normalized spacial score (nSPS) is 13.1. The van der Waals surface area contributed by atoms with Crippen molar-refractivity contribution in [2.45, 2.75) is 264 Å². The van der Waals surface area contributed by atoms with Gasteiger partial charge in [-0.15, -0.1) is 0 Å². The average molecular weight is 1050 g/mol. The van der Waals surface area contributed by atoms with Gasteiger partial charge < -0.3 is 14.2 Å². The van der Waals surface area contributed by atoms with Gasteiger partial charge in [-0.2, -0.15) is 0 Å². The lowest BCUT2D eigenvalue weighted by Gasteiger charge is -2.18. The minimum Gasteiger partial charge on any atom is -0.462 e. The molecule has 0 radical (unpaired) electrons. The summed E-state index contributed by atoms with van der Waals surface area (Å²) in [7, 11) is 0. The Morgan fingerprint density at radius 1 is 0.276 bits per heavy atom. The lowest BCUT2D eigenvalue weighted by atomic mass is 10.1. The second-order valence-corrected chi connectivity index (χ2v) is 19.9. The predicted molar refractivity (Wildman–Crippen MR) is 329 cm³/mol. The molecule has 0 saturated heterocycles. The number of rotatable bonds is 54. The molecule has 0 aliphatic heterocycles. The monoisotopic (exact) mass is 1050 g/mol. The van der Waals surface area contributed by atoms with Gasteiger partial charge in [0.25, 0.3) is 0 Å². The molecule has 0 rings (SSSR count). The highest BCUT2D eigenvalue weighted by molar-refractivity contribution is 5.71. The molecule has 0 aliphatic carbocycles. The van der Waals surface area contributed by atoms with Crippen LogP contribution in [0.5, 0.6) is 0 Å². The van der Waals surface area contributed by atoms with Crippen LogP contribution < -0.4 is 0 Å². The van der Waals surface area contributed by atoms with Gasteiger partial charge in [-0.05, 0) is 135 Å². The van der Waals surface area contributed by atoms with E-state index in [9.17, 15) is 14.4 Å². The van der Waals surface area contributed by atoms with E-state index in [4.69, 9.17) is 14.2 Å². The molecule has 1 unspecified atom stereocenters. The van der Waals surface area contributed by atoms with E-state index in [1.807, 2.05) is 0 Å². The van der Waals surface area contributed by atoms with Crippen molar-refractivity contribution >= 4 is 17.9 Å². The second kappa shape index (κ2) is 62.8. The van der Waals surface area contributed by atoms with E-state index in [1.54, 1.807) is 0 Å². The summed E-state index contributed by atoms with van der Waals surface area (Å²) in [6, 6.07) is 0. The SMILES string of the molecule is CC/C=C\C/C=C\C/C=C\C/C=C\C/C=C\C/C=C\C/C=C\CCCC(=O)OCC(COC(=O)CCCCCCC/C=C\C/C=C\CCCC)OC(=O)CCCCCCCC/C=C\C/C=C\C/C=C\CCCCCCC. The number of esters is 3. The smallest absolute Gasteiger partial charge is 0.306 e. The van der Waals surface area contributed by atoms with Crippen LogP contribution in [0.25, 0.3) is 0 Å². The number of carbonyl (C=O) groups is 3. The molecule has 0 saturated carbocycles. The molecule has 76 heavy (non-hydrogen) atoms. The van der Waals surface area contributed by atoms with Crippen molar-refractivity contribution in [1.29, 1.82) is 0 Å². The molecule has 0 aromatic rings. The van der Waals surface area contributed by atoms with Crippen molar-refractivity contribution in [2.24, 2.45) is 0 Å². The number of hydrogen-bond donors (Lipinski definition) is 0. The van der Waals surface area contributed by atoms with Gasteiger partial charge >= 0.3 is 17.9 Å². The molecule has 6 nitrogen and oxygen atoms in total. The van der Waals surface area contributed by atoms with Gasteiger partial charge in [-0.1, -0.05) is 250 Å². The minimum atomic E-state index is -0.822. The Hall–Kier alpha value is -4.71. The molecule has 0 N–H and O–H groups in total. The maximum atomic E-state index is 12.9. The van der Waals surface area contributed by atoms with Crippen LogP contribution in [0.15, 0.2) is 146 Å². The summed E-state index contributed by atoms with van der Waals surface area (Å²) in [4.78, 5) is 38.3. The van der Waals surface area contributed by atoms with Crippen LogP contribution in [0, 0.1) is 0 Å². The first kappa shape index (κ1) is 71.3. The number of unbranched alkanes of at least 4 members (excludes halogenated alkanes) is 19. The van der Waals surface area contributed by atoms with Gasteiger partial charge in [0.05, 0.1) is 0 Å². The molecular weight excluding hydrogens is 937 g/mol. The Balaban J connectivity index is 4.54. The molecule has 0 spiro atoms. The molecular formula is C70H112O6. The highest BCUT2D eigenvalue weighted by Gasteiger charge is 2.19. The maximum absolute atomic E-state index is 12.9. The van der Waals surface area contributed by atoms with Crippen molar-refractivity contribution in [1.82, 2.24) is 0 Å². The standard InChI is InChI=1S/C70H112O6/c1-4-7-10-13-16-19-22-25-28-30-32-34-35-37-38-40-42-45-48-51-54-57-60-63-69(72)75-66-67(65-74-68(71)62-59-56-53-50-47-44-27-24-21-18-15-12-9-6-3)76-70(73)64-61-58-55-52-49-46-43-41-39-36-33-31-29-26-23-20-17-14-11-8-5-2/h7,10,15-16,18-19,23-28,31-34,37-39,41-42,45,51,54,67H,4-6,8-9,11-14,17,20-22,29-30,35-36,40,43-44,46-50,52-53,55-66H2,1-3H3/b10-7-,18-15-,19-16-,26-23-,27-24-,28-25-,33-31-,34-32-,38-37-,41-39-,45-42-,54-51-. The Kier molecular flexibility index (Phi) is 58.9. The Labute approximate surface area is 467 Å². The number of hydrogen-bond acceptors (Lipinski definition) is 6. The van der Waals surface area contributed by atoms with Crippen LogP contribution >= 0.6 is 0 Å². The van der Waals surface area contributed by atoms with E-state index in [-0.39, 0.29) is 37.5 Å². The van der Waals surface area contributed by atoms with Crippen LogP contribution in [0.1, 0.15) is 258 Å². The van der Waals surface area contributed by atoms with Gasteiger partial charge in [0.2, 0.25) is 0 Å². The maximum Gasteiger partial charge on any atom is 0.306 e. The topological polar surface area (TPSA) is 78.9 Å². The summed E-state index contributed by atoms with van der Waals surface area (Å²) < 4.78 is 16.8. The molecule has 0 bridgehead atoms. The van der Waals surface area contributed by atoms with Gasteiger partial charge in [-0.3, -0.25) is 14.4 Å². The zero-order valence-corrected chi connectivity index (χ0v) is 49.0. The minimum absolute atomic E-state index is 0.114. The Bertz CT molecular complexity index is 1680. The molecule has 6 heteroatoms. The summed E-state index contributed by atoms with van der Waals surface area (Å²) in [5.74, 6) is -1.00. The fraction of sp³-hybridized carbons (Fsp3) is 0.614. The average Bonchev–Trinajstić information content (AvgIpc) is 3.42. The zero-order valence-electron chi connectivity index (χ0n) is 49.0. The molecule has 0 fully saturated rings. The number of carbonyl (C=O) groups excluding carboxylic acids is 3. The third-order valence-electron chi connectivity index (χ3n) is 12.5. The first-order valence-corrected chi connectivity index (χ1v) is 30.8. The summed E-state index contributed by atoms with van der Waals surface area (Å²) >= 11 is 0. The second-order valence-electron chi connectivity index (χ2n) is 19.9. The number of allylic oxidation sites excluding steroid dienone is 24. The van der Waals surface area contributed by atoms with Crippen LogP contribution in [0.2, 0.25) is 0 Å². The lowest BCUT2D eigenvalue weighted by molar-refractivity contribution is -0.167. The molecule has 0 amide bonds. The van der Waals surface area contributed by atoms with E-state index in [0.29, 0.717) is 19.3 Å². The quantitative estimate of drug-likeness (QED) is 0.0261. The molecule has 428 valence electrons. The van der Waals surface area contributed by atoms with Crippen molar-refractivity contribution < 1.29 is 28.6 Å². The van der Waals surface area contributed by atoms with Crippen molar-refractivity contribution in [3.8, 4) is 0 Å². The van der Waals surface area contributed by atoms with E-state index in [2.05, 4.69) is 167 Å². The van der Waals surface area contributed by atoms with E-state index in [1.165, 1.54) is 70.6 Å². The first-order valence-electron chi connectivity index (χ1n) is 30.8.